The minimum absolute atomic E-state index is 0.0486. The first-order valence-electron chi connectivity index (χ1n) is 5.24. The molecule has 1 rings (SSSR count). The Morgan fingerprint density at radius 3 is 2.88 bits per heavy atom. The van der Waals surface area contributed by atoms with E-state index in [4.69, 9.17) is 6.42 Å². The number of carbonyl (C=O) groups is 1. The number of terminal acetylenes is 1. The number of aromatic nitrogens is 3. The van der Waals surface area contributed by atoms with Crippen molar-refractivity contribution < 1.29 is 4.79 Å². The van der Waals surface area contributed by atoms with Crippen LogP contribution in [0.2, 0.25) is 0 Å². The van der Waals surface area contributed by atoms with E-state index >= 15 is 0 Å². The topological polar surface area (TPSA) is 59.8 Å². The average molecular weight is 220 g/mol. The van der Waals surface area contributed by atoms with E-state index < -0.39 is 0 Å². The number of aryl methyl sites for hydroxylation is 2. The predicted octanol–water partition coefficient (Wildman–Crippen LogP) is 1.26. The Morgan fingerprint density at radius 1 is 1.56 bits per heavy atom. The lowest BCUT2D eigenvalue weighted by Crippen LogP contribution is -2.14. The monoisotopic (exact) mass is 220 g/mol. The molecule has 86 valence electrons. The highest BCUT2D eigenvalue weighted by atomic mass is 16.1. The van der Waals surface area contributed by atoms with E-state index in [1.54, 1.807) is 18.7 Å². The first-order valence-corrected chi connectivity index (χ1v) is 5.24. The summed E-state index contributed by atoms with van der Waals surface area (Å²) in [6, 6.07) is 0. The van der Waals surface area contributed by atoms with Crippen molar-refractivity contribution in [3.63, 3.8) is 0 Å². The third-order valence-corrected chi connectivity index (χ3v) is 2.10. The van der Waals surface area contributed by atoms with Gasteiger partial charge in [-0.2, -0.15) is 10.1 Å². The number of anilines is 1. The molecule has 0 saturated heterocycles. The molecule has 0 saturated carbocycles. The highest BCUT2D eigenvalue weighted by Crippen LogP contribution is 2.05. The van der Waals surface area contributed by atoms with Crippen LogP contribution in [0.25, 0.3) is 0 Å². The van der Waals surface area contributed by atoms with Crippen LogP contribution in [-0.4, -0.2) is 20.7 Å². The maximum atomic E-state index is 11.5. The van der Waals surface area contributed by atoms with Crippen molar-refractivity contribution in [2.75, 3.05) is 5.32 Å². The van der Waals surface area contributed by atoms with E-state index in [9.17, 15) is 4.79 Å². The van der Waals surface area contributed by atoms with Crippen molar-refractivity contribution in [3.05, 3.63) is 5.82 Å². The summed E-state index contributed by atoms with van der Waals surface area (Å²) in [5.41, 5.74) is 0. The van der Waals surface area contributed by atoms with Crippen LogP contribution in [0.15, 0.2) is 0 Å². The average Bonchev–Trinajstić information content (AvgIpc) is 2.52. The van der Waals surface area contributed by atoms with Gasteiger partial charge >= 0.3 is 0 Å². The molecule has 0 aliphatic carbocycles. The van der Waals surface area contributed by atoms with E-state index in [1.165, 1.54) is 0 Å². The molecule has 16 heavy (non-hydrogen) atoms. The molecule has 1 N–H and O–H groups in total. The van der Waals surface area contributed by atoms with Crippen molar-refractivity contribution in [1.29, 1.82) is 0 Å². The smallest absolute Gasteiger partial charge is 0.227 e. The lowest BCUT2D eigenvalue weighted by Gasteiger charge is -2.02. The quantitative estimate of drug-likeness (QED) is 0.600. The standard InChI is InChI=1S/C11H16N4O/c1-4-5-6-7-8-10(16)13-11-12-9(2)14-15(11)3/h1H,5-8H2,2-3H3,(H,12,13,14,16). The van der Waals surface area contributed by atoms with Gasteiger partial charge in [0.2, 0.25) is 11.9 Å². The molecule has 0 fully saturated rings. The fourth-order valence-electron chi connectivity index (χ4n) is 1.32. The number of rotatable bonds is 5. The Labute approximate surface area is 95.3 Å². The lowest BCUT2D eigenvalue weighted by molar-refractivity contribution is -0.116. The van der Waals surface area contributed by atoms with Gasteiger partial charge in [-0.1, -0.05) is 0 Å². The Morgan fingerprint density at radius 2 is 2.31 bits per heavy atom. The number of nitrogens with one attached hydrogen (secondary N) is 1. The number of hydrogen-bond acceptors (Lipinski definition) is 3. The minimum atomic E-state index is -0.0486. The zero-order valence-corrected chi connectivity index (χ0v) is 9.66. The molecule has 0 radical (unpaired) electrons. The fourth-order valence-corrected chi connectivity index (χ4v) is 1.32. The van der Waals surface area contributed by atoms with Gasteiger partial charge in [-0.15, -0.1) is 12.3 Å². The number of nitrogens with zero attached hydrogens (tertiary/aromatic N) is 3. The number of amides is 1. The molecule has 1 aromatic heterocycles. The van der Waals surface area contributed by atoms with Crippen LogP contribution in [-0.2, 0) is 11.8 Å². The Bertz CT molecular complexity index is 403. The van der Waals surface area contributed by atoms with Gasteiger partial charge in [0.25, 0.3) is 0 Å². The molecule has 0 aliphatic rings. The van der Waals surface area contributed by atoms with Gasteiger partial charge in [0, 0.05) is 19.9 Å². The van der Waals surface area contributed by atoms with Gasteiger partial charge in [-0.05, 0) is 19.8 Å². The van der Waals surface area contributed by atoms with Crippen LogP contribution in [0.5, 0.6) is 0 Å². The number of carbonyl (C=O) groups excluding carboxylic acids is 1. The largest absolute Gasteiger partial charge is 0.295 e. The second-order valence-corrected chi connectivity index (χ2v) is 3.57. The summed E-state index contributed by atoms with van der Waals surface area (Å²) in [4.78, 5) is 15.6. The van der Waals surface area contributed by atoms with Crippen molar-refractivity contribution in [3.8, 4) is 12.3 Å². The minimum Gasteiger partial charge on any atom is -0.295 e. The van der Waals surface area contributed by atoms with Crippen molar-refractivity contribution in [1.82, 2.24) is 14.8 Å². The summed E-state index contributed by atoms with van der Waals surface area (Å²) in [5, 5.41) is 6.74. The van der Waals surface area contributed by atoms with Crippen LogP contribution >= 0.6 is 0 Å². The van der Waals surface area contributed by atoms with Crippen LogP contribution < -0.4 is 5.32 Å². The van der Waals surface area contributed by atoms with E-state index in [0.29, 0.717) is 18.2 Å². The van der Waals surface area contributed by atoms with Gasteiger partial charge in [0.15, 0.2) is 0 Å². The molecule has 0 aliphatic heterocycles. The van der Waals surface area contributed by atoms with Crippen LogP contribution in [0, 0.1) is 19.3 Å². The molecule has 1 amide bonds. The Kier molecular flexibility index (Phi) is 4.52. The van der Waals surface area contributed by atoms with Gasteiger partial charge in [-0.3, -0.25) is 10.1 Å². The molecule has 1 heterocycles. The maximum Gasteiger partial charge on any atom is 0.227 e. The molecule has 1 aromatic rings. The first kappa shape index (κ1) is 12.2. The molecule has 0 spiro atoms. The van der Waals surface area contributed by atoms with E-state index in [2.05, 4.69) is 21.3 Å². The summed E-state index contributed by atoms with van der Waals surface area (Å²) in [7, 11) is 1.74. The van der Waals surface area contributed by atoms with Gasteiger partial charge in [0.1, 0.15) is 5.82 Å². The van der Waals surface area contributed by atoms with Gasteiger partial charge < -0.3 is 0 Å². The molecule has 0 aromatic carbocycles. The van der Waals surface area contributed by atoms with Crippen molar-refractivity contribution >= 4 is 11.9 Å². The summed E-state index contributed by atoms with van der Waals surface area (Å²) in [6.45, 7) is 1.78. The van der Waals surface area contributed by atoms with Crippen LogP contribution in [0.4, 0.5) is 5.95 Å². The maximum absolute atomic E-state index is 11.5. The van der Waals surface area contributed by atoms with Gasteiger partial charge in [-0.25, -0.2) is 4.68 Å². The molecule has 5 nitrogen and oxygen atoms in total. The zero-order chi connectivity index (χ0) is 12.0. The zero-order valence-electron chi connectivity index (χ0n) is 9.66. The Balaban J connectivity index is 2.35. The normalized spacial score (nSPS) is 9.81. The summed E-state index contributed by atoms with van der Waals surface area (Å²) < 4.78 is 1.55. The Hall–Kier alpha value is -1.83. The molecular formula is C11H16N4O. The third kappa shape index (κ3) is 3.73. The predicted molar refractivity (Wildman–Crippen MR) is 61.7 cm³/mol. The van der Waals surface area contributed by atoms with Gasteiger partial charge in [0.05, 0.1) is 0 Å². The molecule has 0 atom stereocenters. The lowest BCUT2D eigenvalue weighted by atomic mass is 10.2. The second-order valence-electron chi connectivity index (χ2n) is 3.57. The van der Waals surface area contributed by atoms with E-state index in [0.717, 1.165) is 19.3 Å². The highest BCUT2D eigenvalue weighted by Gasteiger charge is 2.07. The molecule has 5 heteroatoms. The third-order valence-electron chi connectivity index (χ3n) is 2.10. The van der Waals surface area contributed by atoms with Crippen molar-refractivity contribution in [2.45, 2.75) is 32.6 Å². The molecule has 0 unspecified atom stereocenters. The fraction of sp³-hybridized carbons (Fsp3) is 0.545. The number of unbranched alkanes of at least 4 members (excludes halogenated alkanes) is 2. The van der Waals surface area contributed by atoms with Crippen LogP contribution in [0.1, 0.15) is 31.5 Å². The van der Waals surface area contributed by atoms with E-state index in [1.807, 2.05) is 0 Å². The summed E-state index contributed by atoms with van der Waals surface area (Å²) >= 11 is 0. The first-order chi connectivity index (χ1) is 7.63. The molecular weight excluding hydrogens is 204 g/mol. The molecule has 0 bridgehead atoms. The summed E-state index contributed by atoms with van der Waals surface area (Å²) in [6.07, 6.45) is 7.98. The number of hydrogen-bond donors (Lipinski definition) is 1. The highest BCUT2D eigenvalue weighted by molar-refractivity contribution is 5.88. The van der Waals surface area contributed by atoms with Crippen LogP contribution in [0.3, 0.4) is 0 Å². The SMILES string of the molecule is C#CCCCCC(=O)Nc1nc(C)nn1C. The second kappa shape index (κ2) is 5.91. The summed E-state index contributed by atoms with van der Waals surface area (Å²) in [5.74, 6) is 3.63. The van der Waals surface area contributed by atoms with E-state index in [-0.39, 0.29) is 5.91 Å². The van der Waals surface area contributed by atoms with Crippen molar-refractivity contribution in [2.24, 2.45) is 7.05 Å².